The van der Waals surface area contributed by atoms with Gasteiger partial charge < -0.3 is 20.9 Å². The van der Waals surface area contributed by atoms with Crippen LogP contribution in [0.15, 0.2) is 121 Å². The van der Waals surface area contributed by atoms with E-state index in [9.17, 15) is 0 Å². The van der Waals surface area contributed by atoms with Gasteiger partial charge in [-0.1, -0.05) is 66.7 Å². The standard InChI is InChI=1S/C30H24N2O2/c31-23-10-5-8-21(18-23)27-14-1-3-16-29(27)33-25-12-7-13-26(20-25)34-30-17-4-2-15-28(30)22-9-6-11-24(32)19-22/h1-20H,31-32H2. The Bertz CT molecular complexity index is 1340. The van der Waals surface area contributed by atoms with Gasteiger partial charge in [-0.05, 0) is 59.7 Å². The summed E-state index contributed by atoms with van der Waals surface area (Å²) in [6.07, 6.45) is 0. The van der Waals surface area contributed by atoms with E-state index in [2.05, 4.69) is 0 Å². The molecular weight excluding hydrogens is 420 g/mol. The van der Waals surface area contributed by atoms with E-state index in [1.165, 1.54) is 0 Å². The van der Waals surface area contributed by atoms with Gasteiger partial charge in [0, 0.05) is 28.6 Å². The van der Waals surface area contributed by atoms with E-state index in [0.717, 1.165) is 33.8 Å². The van der Waals surface area contributed by atoms with Crippen molar-refractivity contribution < 1.29 is 9.47 Å². The first-order valence-corrected chi connectivity index (χ1v) is 11.0. The third-order valence-corrected chi connectivity index (χ3v) is 5.43. The van der Waals surface area contributed by atoms with Crippen molar-refractivity contribution in [2.24, 2.45) is 0 Å². The molecule has 0 aliphatic carbocycles. The number of nitrogens with two attached hydrogens (primary N) is 2. The molecule has 0 saturated heterocycles. The van der Waals surface area contributed by atoms with Crippen LogP contribution in [0.25, 0.3) is 22.3 Å². The largest absolute Gasteiger partial charge is 0.457 e. The molecule has 0 aliphatic heterocycles. The van der Waals surface area contributed by atoms with Gasteiger partial charge in [0.1, 0.15) is 23.0 Å². The maximum Gasteiger partial charge on any atom is 0.135 e. The van der Waals surface area contributed by atoms with Crippen molar-refractivity contribution >= 4 is 11.4 Å². The molecule has 0 spiro atoms. The Kier molecular flexibility index (Phi) is 5.87. The molecule has 4 heteroatoms. The molecule has 0 aromatic heterocycles. The summed E-state index contributed by atoms with van der Waals surface area (Å²) in [6, 6.07) is 39.0. The highest BCUT2D eigenvalue weighted by molar-refractivity contribution is 5.74. The predicted molar refractivity (Wildman–Crippen MR) is 139 cm³/mol. The Morgan fingerprint density at radius 1 is 0.412 bits per heavy atom. The van der Waals surface area contributed by atoms with Crippen LogP contribution in [0.1, 0.15) is 0 Å². The van der Waals surface area contributed by atoms with Crippen molar-refractivity contribution in [2.75, 3.05) is 11.5 Å². The van der Waals surface area contributed by atoms with Crippen molar-refractivity contribution in [3.63, 3.8) is 0 Å². The van der Waals surface area contributed by atoms with Crippen molar-refractivity contribution in [3.8, 4) is 45.3 Å². The van der Waals surface area contributed by atoms with Crippen LogP contribution in [0.3, 0.4) is 0 Å². The zero-order valence-corrected chi connectivity index (χ0v) is 18.5. The summed E-state index contributed by atoms with van der Waals surface area (Å²) in [5, 5.41) is 0. The van der Waals surface area contributed by atoms with E-state index in [0.29, 0.717) is 22.9 Å². The van der Waals surface area contributed by atoms with Gasteiger partial charge in [0.05, 0.1) is 0 Å². The SMILES string of the molecule is Nc1cccc(-c2ccccc2Oc2cccc(Oc3ccccc3-c3cccc(N)c3)c2)c1. The van der Waals surface area contributed by atoms with Crippen LogP contribution in [0.4, 0.5) is 11.4 Å². The number of benzene rings is 5. The normalized spacial score (nSPS) is 10.6. The fraction of sp³-hybridized carbons (Fsp3) is 0. The lowest BCUT2D eigenvalue weighted by atomic mass is 10.0. The molecule has 0 unspecified atom stereocenters. The van der Waals surface area contributed by atoms with Crippen LogP contribution in [-0.2, 0) is 0 Å². The summed E-state index contributed by atoms with van der Waals surface area (Å²) in [5.74, 6) is 2.83. The van der Waals surface area contributed by atoms with Gasteiger partial charge in [-0.3, -0.25) is 0 Å². The number of para-hydroxylation sites is 2. The topological polar surface area (TPSA) is 70.5 Å². The number of ether oxygens (including phenoxy) is 2. The van der Waals surface area contributed by atoms with Gasteiger partial charge in [0.15, 0.2) is 0 Å². The van der Waals surface area contributed by atoms with Crippen LogP contribution < -0.4 is 20.9 Å². The molecule has 166 valence electrons. The first kappa shape index (κ1) is 21.2. The molecule has 5 rings (SSSR count). The lowest BCUT2D eigenvalue weighted by Crippen LogP contribution is -1.92. The molecule has 0 saturated carbocycles. The minimum atomic E-state index is 0.676. The fourth-order valence-corrected chi connectivity index (χ4v) is 3.86. The van der Waals surface area contributed by atoms with Gasteiger partial charge >= 0.3 is 0 Å². The van der Waals surface area contributed by atoms with Crippen LogP contribution in [0.5, 0.6) is 23.0 Å². The highest BCUT2D eigenvalue weighted by Gasteiger charge is 2.10. The minimum Gasteiger partial charge on any atom is -0.457 e. The zero-order chi connectivity index (χ0) is 23.3. The van der Waals surface area contributed by atoms with Crippen LogP contribution in [0.2, 0.25) is 0 Å². The molecule has 0 bridgehead atoms. The molecule has 0 aliphatic rings. The molecule has 0 radical (unpaired) electrons. The summed E-state index contributed by atoms with van der Waals surface area (Å²) in [6.45, 7) is 0. The van der Waals surface area contributed by atoms with E-state index >= 15 is 0 Å². The summed E-state index contributed by atoms with van der Waals surface area (Å²) < 4.78 is 12.6. The second-order valence-electron chi connectivity index (χ2n) is 7.92. The van der Waals surface area contributed by atoms with E-state index < -0.39 is 0 Å². The molecule has 5 aromatic carbocycles. The third-order valence-electron chi connectivity index (χ3n) is 5.43. The quantitative estimate of drug-likeness (QED) is 0.262. The Morgan fingerprint density at radius 3 is 1.32 bits per heavy atom. The number of hydrogen-bond acceptors (Lipinski definition) is 4. The predicted octanol–water partition coefficient (Wildman–Crippen LogP) is 7.77. The second kappa shape index (κ2) is 9.43. The lowest BCUT2D eigenvalue weighted by Gasteiger charge is -2.14. The molecule has 0 fully saturated rings. The Morgan fingerprint density at radius 2 is 0.853 bits per heavy atom. The monoisotopic (exact) mass is 444 g/mol. The van der Waals surface area contributed by atoms with E-state index in [1.54, 1.807) is 0 Å². The number of anilines is 2. The van der Waals surface area contributed by atoms with Crippen LogP contribution in [0, 0.1) is 0 Å². The first-order valence-electron chi connectivity index (χ1n) is 11.0. The molecule has 4 N–H and O–H groups in total. The highest BCUT2D eigenvalue weighted by atomic mass is 16.5. The highest BCUT2D eigenvalue weighted by Crippen LogP contribution is 2.37. The van der Waals surface area contributed by atoms with Gasteiger partial charge in [0.2, 0.25) is 0 Å². The number of hydrogen-bond donors (Lipinski definition) is 2. The number of nitrogen functional groups attached to an aromatic ring is 2. The lowest BCUT2D eigenvalue weighted by molar-refractivity contribution is 0.462. The van der Waals surface area contributed by atoms with E-state index in [4.69, 9.17) is 20.9 Å². The van der Waals surface area contributed by atoms with Crippen molar-refractivity contribution in [2.45, 2.75) is 0 Å². The Balaban J connectivity index is 1.43. The Hall–Kier alpha value is -4.70. The van der Waals surface area contributed by atoms with Gasteiger partial charge in [-0.25, -0.2) is 0 Å². The maximum atomic E-state index is 6.28. The summed E-state index contributed by atoms with van der Waals surface area (Å²) in [4.78, 5) is 0. The minimum absolute atomic E-state index is 0.676. The van der Waals surface area contributed by atoms with Gasteiger partial charge in [-0.2, -0.15) is 0 Å². The molecule has 4 nitrogen and oxygen atoms in total. The molecular formula is C30H24N2O2. The van der Waals surface area contributed by atoms with E-state index in [1.807, 2.05) is 121 Å². The zero-order valence-electron chi connectivity index (χ0n) is 18.5. The number of rotatable bonds is 6. The summed E-state index contributed by atoms with van der Waals surface area (Å²) >= 11 is 0. The molecule has 0 atom stereocenters. The van der Waals surface area contributed by atoms with Crippen molar-refractivity contribution in [1.82, 2.24) is 0 Å². The average Bonchev–Trinajstić information content (AvgIpc) is 2.85. The first-order chi connectivity index (χ1) is 16.7. The fourth-order valence-electron chi connectivity index (χ4n) is 3.86. The molecule has 0 amide bonds. The van der Waals surface area contributed by atoms with Crippen LogP contribution in [-0.4, -0.2) is 0 Å². The van der Waals surface area contributed by atoms with Gasteiger partial charge in [-0.15, -0.1) is 0 Å². The van der Waals surface area contributed by atoms with Crippen molar-refractivity contribution in [3.05, 3.63) is 121 Å². The smallest absolute Gasteiger partial charge is 0.135 e. The third kappa shape index (κ3) is 4.71. The average molecular weight is 445 g/mol. The summed E-state index contributed by atoms with van der Waals surface area (Å²) in [5.41, 5.74) is 17.3. The maximum absolute atomic E-state index is 6.28. The van der Waals surface area contributed by atoms with Crippen molar-refractivity contribution in [1.29, 1.82) is 0 Å². The van der Waals surface area contributed by atoms with Crippen LogP contribution >= 0.6 is 0 Å². The summed E-state index contributed by atoms with van der Waals surface area (Å²) in [7, 11) is 0. The molecule has 0 heterocycles. The molecule has 5 aromatic rings. The van der Waals surface area contributed by atoms with Gasteiger partial charge in [0.25, 0.3) is 0 Å². The Labute approximate surface area is 199 Å². The second-order valence-corrected chi connectivity index (χ2v) is 7.92. The molecule has 34 heavy (non-hydrogen) atoms. The van der Waals surface area contributed by atoms with E-state index in [-0.39, 0.29) is 0 Å².